The fourth-order valence-electron chi connectivity index (χ4n) is 4.81. The number of rotatable bonds is 5. The molecule has 1 unspecified atom stereocenters. The second kappa shape index (κ2) is 8.26. The summed E-state index contributed by atoms with van der Waals surface area (Å²) in [4.78, 5) is 41.1. The summed E-state index contributed by atoms with van der Waals surface area (Å²) in [5, 5.41) is 0. The number of methoxy groups -OCH3 is 1. The van der Waals surface area contributed by atoms with Gasteiger partial charge < -0.3 is 19.4 Å². The van der Waals surface area contributed by atoms with E-state index in [1.54, 1.807) is 13.3 Å². The number of aromatic nitrogens is 2. The van der Waals surface area contributed by atoms with Crippen molar-refractivity contribution < 1.29 is 14.3 Å². The summed E-state index contributed by atoms with van der Waals surface area (Å²) in [6.45, 7) is 6.84. The molecule has 1 spiro atoms. The molecule has 0 N–H and O–H groups in total. The number of aryl methyl sites for hydroxylation is 1. The zero-order chi connectivity index (χ0) is 20.4. The number of nitrogens with zero attached hydrogens (tertiary/aromatic N) is 5. The number of likely N-dealkylation sites (tertiary alicyclic amines) is 2. The molecule has 8 heteroatoms. The minimum absolute atomic E-state index is 0.0623. The van der Waals surface area contributed by atoms with E-state index >= 15 is 0 Å². The molecular weight excluding hydrogens is 370 g/mol. The van der Waals surface area contributed by atoms with Crippen LogP contribution in [-0.2, 0) is 9.53 Å². The Hall–Kier alpha value is -2.22. The third-order valence-corrected chi connectivity index (χ3v) is 6.64. The molecule has 4 heterocycles. The fraction of sp³-hybridized carbons (Fsp3) is 0.714. The Morgan fingerprint density at radius 1 is 1.17 bits per heavy atom. The lowest BCUT2D eigenvalue weighted by Crippen LogP contribution is -2.39. The SMILES string of the molecule is COCCN1CCC2(CCN(C(=O)c3cnc(N4CCCCC4)nc3C)C2)C1=O. The number of amides is 2. The largest absolute Gasteiger partial charge is 0.383 e. The number of anilines is 1. The summed E-state index contributed by atoms with van der Waals surface area (Å²) in [5.41, 5.74) is 0.835. The van der Waals surface area contributed by atoms with Crippen molar-refractivity contribution in [3.05, 3.63) is 17.5 Å². The van der Waals surface area contributed by atoms with Crippen molar-refractivity contribution in [3.8, 4) is 0 Å². The predicted molar refractivity (Wildman–Crippen MR) is 109 cm³/mol. The van der Waals surface area contributed by atoms with Crippen LogP contribution in [0.1, 0.15) is 48.2 Å². The van der Waals surface area contributed by atoms with Crippen molar-refractivity contribution in [2.75, 3.05) is 57.9 Å². The zero-order valence-electron chi connectivity index (χ0n) is 17.5. The predicted octanol–water partition coefficient (Wildman–Crippen LogP) is 1.49. The zero-order valence-corrected chi connectivity index (χ0v) is 17.5. The van der Waals surface area contributed by atoms with E-state index in [0.717, 1.165) is 51.3 Å². The van der Waals surface area contributed by atoms with Crippen molar-refractivity contribution in [1.82, 2.24) is 19.8 Å². The molecule has 158 valence electrons. The monoisotopic (exact) mass is 401 g/mol. The van der Waals surface area contributed by atoms with Crippen molar-refractivity contribution >= 4 is 17.8 Å². The minimum atomic E-state index is -0.425. The third kappa shape index (κ3) is 3.82. The lowest BCUT2D eigenvalue weighted by Gasteiger charge is -2.27. The molecule has 0 saturated carbocycles. The number of hydrogen-bond donors (Lipinski definition) is 0. The van der Waals surface area contributed by atoms with Gasteiger partial charge in [0.05, 0.1) is 23.3 Å². The highest BCUT2D eigenvalue weighted by atomic mass is 16.5. The summed E-state index contributed by atoms with van der Waals surface area (Å²) in [6.07, 6.45) is 6.78. The lowest BCUT2D eigenvalue weighted by atomic mass is 9.85. The number of piperidine rings is 1. The molecule has 2 amide bonds. The third-order valence-electron chi connectivity index (χ3n) is 6.64. The van der Waals surface area contributed by atoms with Crippen LogP contribution in [0.5, 0.6) is 0 Å². The Bertz CT molecular complexity index is 780. The molecule has 3 aliphatic rings. The van der Waals surface area contributed by atoms with Crippen LogP contribution in [0.2, 0.25) is 0 Å². The van der Waals surface area contributed by atoms with Gasteiger partial charge in [0, 0.05) is 52.6 Å². The van der Waals surface area contributed by atoms with E-state index < -0.39 is 5.41 Å². The van der Waals surface area contributed by atoms with Gasteiger partial charge in [0.2, 0.25) is 11.9 Å². The van der Waals surface area contributed by atoms with Crippen LogP contribution < -0.4 is 4.90 Å². The first-order valence-electron chi connectivity index (χ1n) is 10.7. The molecule has 8 nitrogen and oxygen atoms in total. The molecule has 29 heavy (non-hydrogen) atoms. The molecule has 3 saturated heterocycles. The fourth-order valence-corrected chi connectivity index (χ4v) is 4.81. The van der Waals surface area contributed by atoms with Gasteiger partial charge in [-0.25, -0.2) is 9.97 Å². The summed E-state index contributed by atoms with van der Waals surface area (Å²) in [7, 11) is 1.65. The van der Waals surface area contributed by atoms with E-state index in [4.69, 9.17) is 4.74 Å². The first-order chi connectivity index (χ1) is 14.0. The number of carbonyl (C=O) groups excluding carboxylic acids is 2. The normalized spacial score (nSPS) is 24.8. The Labute approximate surface area is 172 Å². The van der Waals surface area contributed by atoms with Crippen LogP contribution in [0.4, 0.5) is 5.95 Å². The van der Waals surface area contributed by atoms with Crippen molar-refractivity contribution in [2.45, 2.75) is 39.0 Å². The molecule has 4 rings (SSSR count). The minimum Gasteiger partial charge on any atom is -0.383 e. The molecule has 1 aromatic rings. The van der Waals surface area contributed by atoms with E-state index in [2.05, 4.69) is 14.9 Å². The quantitative estimate of drug-likeness (QED) is 0.744. The van der Waals surface area contributed by atoms with E-state index in [9.17, 15) is 9.59 Å². The van der Waals surface area contributed by atoms with Gasteiger partial charge >= 0.3 is 0 Å². The smallest absolute Gasteiger partial charge is 0.257 e. The number of hydrogen-bond acceptors (Lipinski definition) is 6. The number of carbonyl (C=O) groups is 2. The Balaban J connectivity index is 1.43. The van der Waals surface area contributed by atoms with Crippen molar-refractivity contribution in [2.24, 2.45) is 5.41 Å². The maximum absolute atomic E-state index is 13.1. The van der Waals surface area contributed by atoms with Crippen LogP contribution >= 0.6 is 0 Å². The molecule has 3 fully saturated rings. The Kier molecular flexibility index (Phi) is 5.72. The van der Waals surface area contributed by atoms with Gasteiger partial charge in [0.25, 0.3) is 5.91 Å². The van der Waals surface area contributed by atoms with E-state index in [0.29, 0.717) is 37.5 Å². The molecule has 1 atom stereocenters. The molecule has 0 aromatic carbocycles. The molecular formula is C21H31N5O3. The maximum Gasteiger partial charge on any atom is 0.257 e. The first kappa shape index (κ1) is 20.1. The summed E-state index contributed by atoms with van der Waals surface area (Å²) >= 11 is 0. The van der Waals surface area contributed by atoms with Crippen LogP contribution in [0.15, 0.2) is 6.20 Å². The second-order valence-electron chi connectivity index (χ2n) is 8.51. The molecule has 3 aliphatic heterocycles. The van der Waals surface area contributed by atoms with Gasteiger partial charge in [-0.3, -0.25) is 9.59 Å². The highest BCUT2D eigenvalue weighted by Crippen LogP contribution is 2.41. The maximum atomic E-state index is 13.1. The summed E-state index contributed by atoms with van der Waals surface area (Å²) in [5.74, 6) is 0.822. The van der Waals surface area contributed by atoms with Crippen LogP contribution in [-0.4, -0.2) is 84.6 Å². The van der Waals surface area contributed by atoms with E-state index in [-0.39, 0.29) is 11.8 Å². The lowest BCUT2D eigenvalue weighted by molar-refractivity contribution is -0.135. The molecule has 0 bridgehead atoms. The summed E-state index contributed by atoms with van der Waals surface area (Å²) < 4.78 is 5.11. The highest BCUT2D eigenvalue weighted by molar-refractivity contribution is 5.96. The topological polar surface area (TPSA) is 78.9 Å². The molecule has 0 radical (unpaired) electrons. The van der Waals surface area contributed by atoms with Gasteiger partial charge in [0.15, 0.2) is 0 Å². The Morgan fingerprint density at radius 3 is 2.66 bits per heavy atom. The van der Waals surface area contributed by atoms with Gasteiger partial charge in [-0.1, -0.05) is 0 Å². The molecule has 0 aliphatic carbocycles. The van der Waals surface area contributed by atoms with E-state index in [1.807, 2.05) is 16.7 Å². The number of ether oxygens (including phenoxy) is 1. The van der Waals surface area contributed by atoms with Crippen LogP contribution in [0.3, 0.4) is 0 Å². The van der Waals surface area contributed by atoms with Crippen molar-refractivity contribution in [3.63, 3.8) is 0 Å². The van der Waals surface area contributed by atoms with Crippen molar-refractivity contribution in [1.29, 1.82) is 0 Å². The average Bonchev–Trinajstić information content (AvgIpc) is 3.31. The van der Waals surface area contributed by atoms with Gasteiger partial charge in [-0.2, -0.15) is 0 Å². The van der Waals surface area contributed by atoms with Gasteiger partial charge in [-0.15, -0.1) is 0 Å². The Morgan fingerprint density at radius 2 is 1.93 bits per heavy atom. The summed E-state index contributed by atoms with van der Waals surface area (Å²) in [6, 6.07) is 0. The van der Waals surface area contributed by atoms with Gasteiger partial charge in [-0.05, 0) is 39.0 Å². The van der Waals surface area contributed by atoms with Gasteiger partial charge in [0.1, 0.15) is 0 Å². The average molecular weight is 402 g/mol. The van der Waals surface area contributed by atoms with Crippen LogP contribution in [0.25, 0.3) is 0 Å². The first-order valence-corrected chi connectivity index (χ1v) is 10.7. The van der Waals surface area contributed by atoms with E-state index in [1.165, 1.54) is 6.42 Å². The van der Waals surface area contributed by atoms with Crippen LogP contribution in [0, 0.1) is 12.3 Å². The molecule has 1 aromatic heterocycles. The highest BCUT2D eigenvalue weighted by Gasteiger charge is 2.51. The second-order valence-corrected chi connectivity index (χ2v) is 8.51. The standard InChI is InChI=1S/C21H31N5O3/c1-16-17(14-22-20(23-16)25-8-4-3-5-9-25)18(27)26-11-7-21(15-26)6-10-24(19(21)28)12-13-29-2/h14H,3-13,15H2,1-2H3.